The fraction of sp³-hybridized carbons (Fsp3) is 0.158. The van der Waals surface area contributed by atoms with Crippen LogP contribution in [-0.2, 0) is 0 Å². The summed E-state index contributed by atoms with van der Waals surface area (Å²) in [6, 6.07) is 6.97. The number of nitrogens with zero attached hydrogens (tertiary/aromatic N) is 5. The lowest BCUT2D eigenvalue weighted by atomic mass is 10.1. The maximum Gasteiger partial charge on any atom is 0.234 e. The third-order valence-corrected chi connectivity index (χ3v) is 4.08. The van der Waals surface area contributed by atoms with E-state index in [-0.39, 0.29) is 11.4 Å². The van der Waals surface area contributed by atoms with Gasteiger partial charge in [-0.1, -0.05) is 13.8 Å². The van der Waals surface area contributed by atoms with E-state index in [2.05, 4.69) is 33.8 Å². The SMILES string of the molecule is CC(C)c1ccn2c(-c3ccnc(-c4ccc(F)cc4F)n3)cnc2n1. The molecule has 7 heteroatoms. The highest BCUT2D eigenvalue weighted by Gasteiger charge is 2.14. The van der Waals surface area contributed by atoms with Crippen LogP contribution in [0.25, 0.3) is 28.6 Å². The van der Waals surface area contributed by atoms with Crippen LogP contribution in [0.15, 0.2) is 48.9 Å². The zero-order valence-electron chi connectivity index (χ0n) is 14.2. The number of halogens is 2. The maximum absolute atomic E-state index is 14.0. The van der Waals surface area contributed by atoms with Crippen molar-refractivity contribution in [3.63, 3.8) is 0 Å². The van der Waals surface area contributed by atoms with Crippen molar-refractivity contribution in [2.75, 3.05) is 0 Å². The fourth-order valence-corrected chi connectivity index (χ4v) is 2.70. The molecule has 26 heavy (non-hydrogen) atoms. The van der Waals surface area contributed by atoms with Gasteiger partial charge in [0.1, 0.15) is 11.6 Å². The molecule has 3 heterocycles. The predicted octanol–water partition coefficient (Wildman–Crippen LogP) is 4.25. The molecule has 4 aromatic rings. The lowest BCUT2D eigenvalue weighted by Gasteiger charge is -2.07. The molecule has 0 fully saturated rings. The van der Waals surface area contributed by atoms with E-state index in [4.69, 9.17) is 0 Å². The minimum absolute atomic E-state index is 0.141. The van der Waals surface area contributed by atoms with E-state index in [9.17, 15) is 8.78 Å². The first kappa shape index (κ1) is 16.3. The lowest BCUT2D eigenvalue weighted by molar-refractivity contribution is 0.585. The topological polar surface area (TPSA) is 56.0 Å². The first-order chi connectivity index (χ1) is 12.5. The van der Waals surface area contributed by atoms with E-state index in [1.165, 1.54) is 18.3 Å². The molecule has 0 bridgehead atoms. The van der Waals surface area contributed by atoms with Crippen molar-refractivity contribution < 1.29 is 8.78 Å². The second-order valence-electron chi connectivity index (χ2n) is 6.21. The number of hydrogen-bond acceptors (Lipinski definition) is 4. The van der Waals surface area contributed by atoms with Crippen LogP contribution < -0.4 is 0 Å². The molecule has 0 radical (unpaired) electrons. The second kappa shape index (κ2) is 6.25. The van der Waals surface area contributed by atoms with Crippen molar-refractivity contribution in [3.8, 4) is 22.8 Å². The number of fused-ring (bicyclic) bond motifs is 1. The molecule has 0 spiro atoms. The Bertz CT molecular complexity index is 1100. The van der Waals surface area contributed by atoms with Gasteiger partial charge in [-0.3, -0.25) is 4.40 Å². The van der Waals surface area contributed by atoms with Gasteiger partial charge >= 0.3 is 0 Å². The van der Waals surface area contributed by atoms with Gasteiger partial charge in [-0.25, -0.2) is 28.7 Å². The van der Waals surface area contributed by atoms with Gasteiger partial charge in [0.25, 0.3) is 0 Å². The second-order valence-corrected chi connectivity index (χ2v) is 6.21. The van der Waals surface area contributed by atoms with Crippen LogP contribution in [0.3, 0.4) is 0 Å². The molecule has 0 atom stereocenters. The van der Waals surface area contributed by atoms with Crippen LogP contribution in [0.5, 0.6) is 0 Å². The van der Waals surface area contributed by atoms with Crippen molar-refractivity contribution >= 4 is 5.78 Å². The van der Waals surface area contributed by atoms with Crippen LogP contribution in [-0.4, -0.2) is 24.3 Å². The molecule has 0 saturated carbocycles. The smallest absolute Gasteiger partial charge is 0.234 e. The van der Waals surface area contributed by atoms with Crippen molar-refractivity contribution in [2.24, 2.45) is 0 Å². The molecule has 0 aliphatic heterocycles. The van der Waals surface area contributed by atoms with Gasteiger partial charge in [-0.05, 0) is 30.2 Å². The number of benzene rings is 1. The lowest BCUT2D eigenvalue weighted by Crippen LogP contribution is -1.99. The van der Waals surface area contributed by atoms with E-state index in [0.717, 1.165) is 11.8 Å². The van der Waals surface area contributed by atoms with Crippen molar-refractivity contribution in [3.05, 3.63) is 66.3 Å². The highest BCUT2D eigenvalue weighted by Crippen LogP contribution is 2.24. The predicted molar refractivity (Wildman–Crippen MR) is 93.5 cm³/mol. The molecule has 0 aliphatic carbocycles. The highest BCUT2D eigenvalue weighted by molar-refractivity contribution is 5.63. The van der Waals surface area contributed by atoms with Crippen molar-refractivity contribution in [1.82, 2.24) is 24.3 Å². The normalized spacial score (nSPS) is 11.4. The van der Waals surface area contributed by atoms with Crippen LogP contribution in [0.4, 0.5) is 8.78 Å². The summed E-state index contributed by atoms with van der Waals surface area (Å²) in [6.45, 7) is 4.13. The molecule has 0 aliphatic rings. The molecule has 0 N–H and O–H groups in total. The molecular formula is C19H15F2N5. The minimum atomic E-state index is -0.705. The zero-order valence-corrected chi connectivity index (χ0v) is 14.2. The van der Waals surface area contributed by atoms with E-state index >= 15 is 0 Å². The summed E-state index contributed by atoms with van der Waals surface area (Å²) in [6.07, 6.45) is 5.09. The molecule has 0 amide bonds. The summed E-state index contributed by atoms with van der Waals surface area (Å²) in [5.74, 6) is -0.298. The van der Waals surface area contributed by atoms with Crippen LogP contribution in [0.1, 0.15) is 25.5 Å². The van der Waals surface area contributed by atoms with E-state index in [1.54, 1.807) is 12.3 Å². The Morgan fingerprint density at radius 1 is 1.00 bits per heavy atom. The molecule has 5 nitrogen and oxygen atoms in total. The van der Waals surface area contributed by atoms with Gasteiger partial charge < -0.3 is 0 Å². The standard InChI is InChI=1S/C19H15F2N5/c1-11(2)15-6-8-26-17(10-23-19(26)25-15)16-5-7-22-18(24-16)13-4-3-12(20)9-14(13)21/h3-11H,1-2H3. The van der Waals surface area contributed by atoms with Crippen molar-refractivity contribution in [2.45, 2.75) is 19.8 Å². The van der Waals surface area contributed by atoms with Gasteiger partial charge in [0.2, 0.25) is 5.78 Å². The Labute approximate surface area is 148 Å². The molecule has 130 valence electrons. The van der Waals surface area contributed by atoms with Gasteiger partial charge in [0, 0.05) is 24.2 Å². The van der Waals surface area contributed by atoms with E-state index in [1.807, 2.05) is 16.7 Å². The maximum atomic E-state index is 14.0. The molecule has 3 aromatic heterocycles. The van der Waals surface area contributed by atoms with Crippen LogP contribution in [0.2, 0.25) is 0 Å². The average Bonchev–Trinajstić information content (AvgIpc) is 3.05. The first-order valence-corrected chi connectivity index (χ1v) is 8.16. The molecular weight excluding hydrogens is 336 g/mol. The monoisotopic (exact) mass is 351 g/mol. The minimum Gasteiger partial charge on any atom is -0.282 e. The quantitative estimate of drug-likeness (QED) is 0.553. The summed E-state index contributed by atoms with van der Waals surface area (Å²) in [5, 5.41) is 0. The molecule has 0 saturated heterocycles. The summed E-state index contributed by atoms with van der Waals surface area (Å²) in [5.41, 5.74) is 2.38. The van der Waals surface area contributed by atoms with Gasteiger partial charge in [0.05, 0.1) is 23.1 Å². The van der Waals surface area contributed by atoms with Crippen molar-refractivity contribution in [1.29, 1.82) is 0 Å². The molecule has 4 rings (SSSR count). The third kappa shape index (κ3) is 2.81. The highest BCUT2D eigenvalue weighted by atomic mass is 19.1. The Morgan fingerprint density at radius 3 is 2.62 bits per heavy atom. The Hall–Kier alpha value is -3.22. The fourth-order valence-electron chi connectivity index (χ4n) is 2.70. The number of imidazole rings is 1. The van der Waals surface area contributed by atoms with Crippen LogP contribution in [0, 0.1) is 11.6 Å². The van der Waals surface area contributed by atoms with Gasteiger partial charge in [0.15, 0.2) is 5.82 Å². The summed E-state index contributed by atoms with van der Waals surface area (Å²) in [7, 11) is 0. The summed E-state index contributed by atoms with van der Waals surface area (Å²) >= 11 is 0. The number of hydrogen-bond donors (Lipinski definition) is 0. The van der Waals surface area contributed by atoms with Gasteiger partial charge in [-0.2, -0.15) is 0 Å². The Morgan fingerprint density at radius 2 is 1.85 bits per heavy atom. The average molecular weight is 351 g/mol. The third-order valence-electron chi connectivity index (χ3n) is 4.08. The van der Waals surface area contributed by atoms with Crippen LogP contribution >= 0.6 is 0 Å². The largest absolute Gasteiger partial charge is 0.282 e. The Balaban J connectivity index is 1.81. The molecule has 0 unspecified atom stereocenters. The number of rotatable bonds is 3. The molecule has 1 aromatic carbocycles. The number of aromatic nitrogens is 5. The Kier molecular flexibility index (Phi) is 3.91. The van der Waals surface area contributed by atoms with E-state index in [0.29, 0.717) is 23.1 Å². The first-order valence-electron chi connectivity index (χ1n) is 8.16. The summed E-state index contributed by atoms with van der Waals surface area (Å²) < 4.78 is 29.0. The van der Waals surface area contributed by atoms with E-state index < -0.39 is 11.6 Å². The zero-order chi connectivity index (χ0) is 18.3. The summed E-state index contributed by atoms with van der Waals surface area (Å²) in [4.78, 5) is 17.4. The van der Waals surface area contributed by atoms with Gasteiger partial charge in [-0.15, -0.1) is 0 Å².